The molecule has 142 valence electrons. The Hall–Kier alpha value is -3.87. The van der Waals surface area contributed by atoms with E-state index in [-0.39, 0.29) is 11.8 Å². The molecule has 0 radical (unpaired) electrons. The number of aromatic nitrogens is 5. The highest BCUT2D eigenvalue weighted by atomic mass is 16.2. The SMILES string of the molecule is O=C(c1cnc(-c2ccccn2)nc1)N1Cc2[nH]cnc2C(c2ccccc2)C1. The van der Waals surface area contributed by atoms with Gasteiger partial charge in [0.05, 0.1) is 29.8 Å². The van der Waals surface area contributed by atoms with Gasteiger partial charge in [-0.25, -0.2) is 15.0 Å². The van der Waals surface area contributed by atoms with Crippen LogP contribution in [0.25, 0.3) is 11.5 Å². The molecule has 1 atom stereocenters. The van der Waals surface area contributed by atoms with Crippen LogP contribution in [0.5, 0.6) is 0 Å². The lowest BCUT2D eigenvalue weighted by Gasteiger charge is -2.32. The summed E-state index contributed by atoms with van der Waals surface area (Å²) < 4.78 is 0. The van der Waals surface area contributed by atoms with E-state index in [0.717, 1.165) is 17.0 Å². The molecule has 4 heterocycles. The molecule has 1 amide bonds. The first kappa shape index (κ1) is 17.2. The number of hydrogen-bond acceptors (Lipinski definition) is 5. The van der Waals surface area contributed by atoms with Gasteiger partial charge in [-0.05, 0) is 17.7 Å². The normalized spacial score (nSPS) is 15.7. The number of benzene rings is 1. The summed E-state index contributed by atoms with van der Waals surface area (Å²) in [7, 11) is 0. The average molecular weight is 382 g/mol. The third kappa shape index (κ3) is 3.27. The van der Waals surface area contributed by atoms with Gasteiger partial charge in [-0.3, -0.25) is 9.78 Å². The second kappa shape index (κ2) is 7.27. The molecule has 1 aliphatic heterocycles. The summed E-state index contributed by atoms with van der Waals surface area (Å²) in [6, 6.07) is 15.7. The molecule has 7 nitrogen and oxygen atoms in total. The number of aromatic amines is 1. The molecule has 0 fully saturated rings. The third-order valence-electron chi connectivity index (χ3n) is 5.12. The van der Waals surface area contributed by atoms with E-state index in [1.807, 2.05) is 41.3 Å². The minimum absolute atomic E-state index is 0.0314. The van der Waals surface area contributed by atoms with Gasteiger partial charge < -0.3 is 9.88 Å². The minimum atomic E-state index is -0.0984. The van der Waals surface area contributed by atoms with Crippen LogP contribution in [0.15, 0.2) is 73.4 Å². The quantitative estimate of drug-likeness (QED) is 0.588. The predicted molar refractivity (Wildman–Crippen MR) is 107 cm³/mol. The maximum absolute atomic E-state index is 13.2. The Morgan fingerprint density at radius 1 is 0.966 bits per heavy atom. The second-order valence-corrected chi connectivity index (χ2v) is 6.93. The van der Waals surface area contributed by atoms with Crippen LogP contribution in [0.4, 0.5) is 0 Å². The number of fused-ring (bicyclic) bond motifs is 1. The van der Waals surface area contributed by atoms with E-state index in [9.17, 15) is 4.79 Å². The molecule has 7 heteroatoms. The molecular formula is C22H18N6O. The van der Waals surface area contributed by atoms with Crippen molar-refractivity contribution in [2.45, 2.75) is 12.5 Å². The van der Waals surface area contributed by atoms with Crippen molar-refractivity contribution in [1.29, 1.82) is 0 Å². The van der Waals surface area contributed by atoms with Gasteiger partial charge in [0, 0.05) is 31.1 Å². The molecule has 0 spiro atoms. The lowest BCUT2D eigenvalue weighted by atomic mass is 9.91. The Balaban J connectivity index is 1.42. The largest absolute Gasteiger partial charge is 0.347 e. The van der Waals surface area contributed by atoms with Crippen molar-refractivity contribution in [1.82, 2.24) is 29.8 Å². The fraction of sp³-hybridized carbons (Fsp3) is 0.136. The highest BCUT2D eigenvalue weighted by Crippen LogP contribution is 2.32. The van der Waals surface area contributed by atoms with E-state index in [2.05, 4.69) is 37.1 Å². The number of hydrogen-bond donors (Lipinski definition) is 1. The lowest BCUT2D eigenvalue weighted by molar-refractivity contribution is 0.0721. The van der Waals surface area contributed by atoms with Crippen molar-refractivity contribution in [3.05, 3.63) is 96.0 Å². The molecule has 29 heavy (non-hydrogen) atoms. The smallest absolute Gasteiger partial charge is 0.257 e. The van der Waals surface area contributed by atoms with Gasteiger partial charge >= 0.3 is 0 Å². The molecule has 0 aliphatic carbocycles. The second-order valence-electron chi connectivity index (χ2n) is 6.93. The number of carbonyl (C=O) groups is 1. The maximum Gasteiger partial charge on any atom is 0.257 e. The van der Waals surface area contributed by atoms with E-state index >= 15 is 0 Å². The van der Waals surface area contributed by atoms with Crippen molar-refractivity contribution in [2.75, 3.05) is 6.54 Å². The van der Waals surface area contributed by atoms with Gasteiger partial charge in [-0.15, -0.1) is 0 Å². The van der Waals surface area contributed by atoms with Crippen molar-refractivity contribution in [3.8, 4) is 11.5 Å². The zero-order chi connectivity index (χ0) is 19.6. The number of amides is 1. The van der Waals surface area contributed by atoms with Gasteiger partial charge in [-0.2, -0.15) is 0 Å². The summed E-state index contributed by atoms with van der Waals surface area (Å²) in [5, 5.41) is 0. The minimum Gasteiger partial charge on any atom is -0.347 e. The van der Waals surface area contributed by atoms with E-state index in [0.29, 0.717) is 30.2 Å². The monoisotopic (exact) mass is 382 g/mol. The van der Waals surface area contributed by atoms with Crippen LogP contribution in [0, 0.1) is 0 Å². The first-order valence-corrected chi connectivity index (χ1v) is 9.39. The Labute approximate surface area is 167 Å². The van der Waals surface area contributed by atoms with Crippen molar-refractivity contribution in [3.63, 3.8) is 0 Å². The first-order valence-electron chi connectivity index (χ1n) is 9.39. The van der Waals surface area contributed by atoms with Crippen LogP contribution in [-0.4, -0.2) is 42.3 Å². The number of rotatable bonds is 3. The van der Waals surface area contributed by atoms with Crippen molar-refractivity contribution in [2.24, 2.45) is 0 Å². The van der Waals surface area contributed by atoms with E-state index in [1.54, 1.807) is 24.9 Å². The molecule has 5 rings (SSSR count). The molecule has 0 bridgehead atoms. The summed E-state index contributed by atoms with van der Waals surface area (Å²) in [6.45, 7) is 1.04. The molecule has 0 saturated carbocycles. The first-order chi connectivity index (χ1) is 14.3. The fourth-order valence-corrected chi connectivity index (χ4v) is 3.67. The van der Waals surface area contributed by atoms with E-state index < -0.39 is 0 Å². The summed E-state index contributed by atoms with van der Waals surface area (Å²) >= 11 is 0. The van der Waals surface area contributed by atoms with Gasteiger partial charge in [0.15, 0.2) is 5.82 Å². The van der Waals surface area contributed by atoms with Crippen molar-refractivity contribution < 1.29 is 4.79 Å². The van der Waals surface area contributed by atoms with Crippen LogP contribution in [0.3, 0.4) is 0 Å². The average Bonchev–Trinajstić information content (AvgIpc) is 3.28. The molecule has 1 N–H and O–H groups in total. The highest BCUT2D eigenvalue weighted by molar-refractivity contribution is 5.94. The molecule has 1 aromatic carbocycles. The molecule has 1 unspecified atom stereocenters. The molecule has 3 aromatic heterocycles. The maximum atomic E-state index is 13.2. The number of imidazole rings is 1. The summed E-state index contributed by atoms with van der Waals surface area (Å²) in [5.74, 6) is 0.432. The third-order valence-corrected chi connectivity index (χ3v) is 5.12. The van der Waals surface area contributed by atoms with Crippen LogP contribution >= 0.6 is 0 Å². The Morgan fingerprint density at radius 3 is 2.52 bits per heavy atom. The number of pyridine rings is 1. The Morgan fingerprint density at radius 2 is 1.76 bits per heavy atom. The Kier molecular flexibility index (Phi) is 4.32. The Bertz CT molecular complexity index is 1120. The zero-order valence-corrected chi connectivity index (χ0v) is 15.6. The zero-order valence-electron chi connectivity index (χ0n) is 15.6. The van der Waals surface area contributed by atoms with Gasteiger partial charge in [-0.1, -0.05) is 36.4 Å². The van der Waals surface area contributed by atoms with E-state index in [1.165, 1.54) is 0 Å². The highest BCUT2D eigenvalue weighted by Gasteiger charge is 2.31. The molecular weight excluding hydrogens is 364 g/mol. The van der Waals surface area contributed by atoms with Crippen LogP contribution in [-0.2, 0) is 6.54 Å². The predicted octanol–water partition coefficient (Wildman–Crippen LogP) is 3.05. The lowest BCUT2D eigenvalue weighted by Crippen LogP contribution is -2.38. The number of nitrogens with zero attached hydrogens (tertiary/aromatic N) is 5. The topological polar surface area (TPSA) is 87.7 Å². The fourth-order valence-electron chi connectivity index (χ4n) is 3.67. The molecule has 1 aliphatic rings. The number of nitrogens with one attached hydrogen (secondary N) is 1. The van der Waals surface area contributed by atoms with Crippen LogP contribution in [0.2, 0.25) is 0 Å². The van der Waals surface area contributed by atoms with Crippen LogP contribution in [0.1, 0.15) is 33.2 Å². The number of carbonyl (C=O) groups excluding carboxylic acids is 1. The van der Waals surface area contributed by atoms with Gasteiger partial charge in [0.25, 0.3) is 5.91 Å². The summed E-state index contributed by atoms with van der Waals surface area (Å²) in [5.41, 5.74) is 4.24. The number of H-pyrrole nitrogens is 1. The van der Waals surface area contributed by atoms with Crippen molar-refractivity contribution >= 4 is 5.91 Å². The summed E-state index contributed by atoms with van der Waals surface area (Å²) in [4.78, 5) is 35.6. The van der Waals surface area contributed by atoms with Gasteiger partial charge in [0.2, 0.25) is 0 Å². The molecule has 4 aromatic rings. The molecule has 0 saturated heterocycles. The van der Waals surface area contributed by atoms with Gasteiger partial charge in [0.1, 0.15) is 5.69 Å². The van der Waals surface area contributed by atoms with E-state index in [4.69, 9.17) is 0 Å². The summed E-state index contributed by atoms with van der Waals surface area (Å²) in [6.07, 6.45) is 6.52. The van der Waals surface area contributed by atoms with Crippen LogP contribution < -0.4 is 0 Å². The standard InChI is InChI=1S/C22H18N6O/c29-22(16-10-24-21(25-11-16)18-8-4-5-9-23-18)28-12-17(15-6-2-1-3-7-15)20-19(13-28)26-14-27-20/h1-11,14,17H,12-13H2,(H,26,27).